The third-order valence-electron chi connectivity index (χ3n) is 16.3. The van der Waals surface area contributed by atoms with Crippen LogP contribution in [0.1, 0.15) is 153 Å². The van der Waals surface area contributed by atoms with Crippen LogP contribution < -0.4 is 10.6 Å². The van der Waals surface area contributed by atoms with Crippen LogP contribution >= 0.6 is 0 Å². The highest BCUT2D eigenvalue weighted by molar-refractivity contribution is 6.07. The molecule has 8 atom stereocenters. The van der Waals surface area contributed by atoms with E-state index >= 15 is 0 Å². The third kappa shape index (κ3) is 6.77. The molecule has 3 amide bonds. The third-order valence-corrected chi connectivity index (χ3v) is 16.3. The quantitative estimate of drug-likeness (QED) is 0.242. The molecule has 0 bridgehead atoms. The van der Waals surface area contributed by atoms with Gasteiger partial charge in [-0.05, 0) is 137 Å². The molecule has 0 aromatic carbocycles. The minimum absolute atomic E-state index is 0.00135. The molecular formula is C45H71N3O6. The van der Waals surface area contributed by atoms with Crippen molar-refractivity contribution in [3.63, 3.8) is 0 Å². The van der Waals surface area contributed by atoms with Gasteiger partial charge in [0.25, 0.3) is 0 Å². The summed E-state index contributed by atoms with van der Waals surface area (Å²) in [5.74, 6) is 1.72. The lowest BCUT2D eigenvalue weighted by molar-refractivity contribution is -0.213. The van der Waals surface area contributed by atoms with Crippen LogP contribution in [-0.2, 0) is 23.9 Å². The van der Waals surface area contributed by atoms with Gasteiger partial charge in [0, 0.05) is 42.4 Å². The highest BCUT2D eigenvalue weighted by atomic mass is 16.5. The zero-order valence-electron chi connectivity index (χ0n) is 35.4. The number of ether oxygens (including phenoxy) is 1. The first-order valence-electron chi connectivity index (χ1n) is 21.4. The molecule has 6 rings (SSSR count). The summed E-state index contributed by atoms with van der Waals surface area (Å²) in [7, 11) is 0. The molecule has 1 aliphatic heterocycles. The number of piperidine rings is 1. The number of urea groups is 1. The van der Waals surface area contributed by atoms with Gasteiger partial charge in [0.1, 0.15) is 11.9 Å². The molecule has 0 spiro atoms. The maximum Gasteiger partial charge on any atom is 0.315 e. The fourth-order valence-corrected chi connectivity index (χ4v) is 13.4. The van der Waals surface area contributed by atoms with E-state index in [1.807, 2.05) is 32.6 Å². The molecule has 9 heteroatoms. The lowest BCUT2D eigenvalue weighted by Crippen LogP contribution is -2.63. The number of carbonyl (C=O) groups excluding carboxylic acids is 5. The van der Waals surface area contributed by atoms with Gasteiger partial charge in [0.15, 0.2) is 5.78 Å². The van der Waals surface area contributed by atoms with Crippen molar-refractivity contribution in [2.24, 2.45) is 56.7 Å². The van der Waals surface area contributed by atoms with Crippen molar-refractivity contribution in [3.05, 3.63) is 11.1 Å². The molecule has 1 heterocycles. The molecule has 4 saturated carbocycles. The van der Waals surface area contributed by atoms with Crippen LogP contribution in [-0.4, -0.2) is 65.7 Å². The molecule has 0 radical (unpaired) electrons. The van der Waals surface area contributed by atoms with Crippen molar-refractivity contribution in [2.75, 3.05) is 13.1 Å². The Morgan fingerprint density at radius 3 is 2.11 bits per heavy atom. The molecule has 6 aliphatic rings. The van der Waals surface area contributed by atoms with Crippen molar-refractivity contribution < 1.29 is 28.7 Å². The summed E-state index contributed by atoms with van der Waals surface area (Å²) in [6.07, 6.45) is 9.50. The van der Waals surface area contributed by atoms with E-state index in [0.29, 0.717) is 37.3 Å². The highest BCUT2D eigenvalue weighted by Crippen LogP contribution is 2.73. The van der Waals surface area contributed by atoms with Crippen LogP contribution in [0.15, 0.2) is 11.1 Å². The van der Waals surface area contributed by atoms with Gasteiger partial charge in [-0.15, -0.1) is 0 Å². The summed E-state index contributed by atoms with van der Waals surface area (Å²) in [5.41, 5.74) is 0.678. The minimum Gasteiger partial charge on any atom is -0.462 e. The molecule has 54 heavy (non-hydrogen) atoms. The zero-order chi connectivity index (χ0) is 39.8. The van der Waals surface area contributed by atoms with Crippen LogP contribution in [0.25, 0.3) is 0 Å². The average molecular weight is 750 g/mol. The van der Waals surface area contributed by atoms with Crippen LogP contribution in [0.5, 0.6) is 0 Å². The molecule has 0 aromatic heterocycles. The van der Waals surface area contributed by atoms with E-state index in [9.17, 15) is 24.0 Å². The first kappa shape index (κ1) is 40.9. The zero-order valence-corrected chi connectivity index (χ0v) is 35.4. The van der Waals surface area contributed by atoms with Gasteiger partial charge in [0.05, 0.1) is 11.8 Å². The van der Waals surface area contributed by atoms with E-state index in [1.54, 1.807) is 6.92 Å². The van der Waals surface area contributed by atoms with Crippen molar-refractivity contribution in [3.8, 4) is 0 Å². The van der Waals surface area contributed by atoms with Gasteiger partial charge in [-0.1, -0.05) is 55.4 Å². The number of nitrogens with one attached hydrogen (secondary N) is 2. The number of hydrogen-bond donors (Lipinski definition) is 2. The van der Waals surface area contributed by atoms with Crippen molar-refractivity contribution >= 4 is 29.5 Å². The van der Waals surface area contributed by atoms with Crippen molar-refractivity contribution in [1.82, 2.24) is 15.5 Å². The number of hydrogen-bond acceptors (Lipinski definition) is 6. The number of likely N-dealkylation sites (tertiary alicyclic amines) is 1. The molecule has 5 aliphatic carbocycles. The number of Topliss-reactive ketones (excluding diaryl/α,β-unsaturated/α-hetero) is 2. The Bertz CT molecular complexity index is 1570. The molecule has 1 saturated heterocycles. The van der Waals surface area contributed by atoms with Gasteiger partial charge < -0.3 is 20.3 Å². The van der Waals surface area contributed by atoms with Gasteiger partial charge >= 0.3 is 12.0 Å². The topological polar surface area (TPSA) is 122 Å². The van der Waals surface area contributed by atoms with E-state index in [0.717, 1.165) is 69.8 Å². The first-order chi connectivity index (χ1) is 25.1. The summed E-state index contributed by atoms with van der Waals surface area (Å²) in [6.45, 7) is 24.2. The Labute approximate surface area is 325 Å². The van der Waals surface area contributed by atoms with E-state index < -0.39 is 10.8 Å². The van der Waals surface area contributed by atoms with Gasteiger partial charge in [-0.25, -0.2) is 4.79 Å². The lowest BCUT2D eigenvalue weighted by Gasteiger charge is -2.68. The van der Waals surface area contributed by atoms with Gasteiger partial charge in [0.2, 0.25) is 5.91 Å². The molecular weight excluding hydrogens is 679 g/mol. The van der Waals surface area contributed by atoms with Crippen LogP contribution in [0, 0.1) is 56.7 Å². The van der Waals surface area contributed by atoms with Crippen molar-refractivity contribution in [2.45, 2.75) is 171 Å². The Hall–Kier alpha value is -2.71. The fourth-order valence-electron chi connectivity index (χ4n) is 13.4. The summed E-state index contributed by atoms with van der Waals surface area (Å²) >= 11 is 0. The molecule has 2 N–H and O–H groups in total. The summed E-state index contributed by atoms with van der Waals surface area (Å²) < 4.78 is 6.26. The number of fused-ring (bicyclic) bond motifs is 7. The second-order valence-electron chi connectivity index (χ2n) is 20.9. The number of allylic oxidation sites excluding steroid dienone is 1. The minimum atomic E-state index is -0.738. The first-order valence-corrected chi connectivity index (χ1v) is 21.4. The molecule has 9 nitrogen and oxygen atoms in total. The number of rotatable bonds is 8. The van der Waals surface area contributed by atoms with E-state index in [4.69, 9.17) is 4.74 Å². The highest BCUT2D eigenvalue weighted by Gasteiger charge is 2.68. The fraction of sp³-hybridized carbons (Fsp3) is 0.844. The lowest BCUT2D eigenvalue weighted by atomic mass is 9.36. The number of nitrogens with zero attached hydrogens (tertiary/aromatic N) is 1. The largest absolute Gasteiger partial charge is 0.462 e. The number of amides is 3. The van der Waals surface area contributed by atoms with Gasteiger partial charge in [-0.2, -0.15) is 0 Å². The van der Waals surface area contributed by atoms with Crippen LogP contribution in [0.4, 0.5) is 4.79 Å². The number of ketones is 2. The Morgan fingerprint density at radius 2 is 1.50 bits per heavy atom. The average Bonchev–Trinajstić information content (AvgIpc) is 3.38. The SMILES string of the molecule is CC(=O)C(C)(C)CC(=O)OC1CCC2(C)C(CCC3(C)C4CC[C@@]5(C(=O)N6CCC(NC(=O)NC(C)C)CC6)CC(=O)C(C(C)C)=C5C4CCC32)C1(C)C. The number of carbonyl (C=O) groups is 5. The molecule has 5 fully saturated rings. The van der Waals surface area contributed by atoms with Crippen LogP contribution in [0.3, 0.4) is 0 Å². The predicted molar refractivity (Wildman–Crippen MR) is 210 cm³/mol. The standard InChI is InChI=1S/C45H71N3O6/c1-26(2)37-32(50)24-45(39(52)48-22-17-29(18-23-48)47-40(53)46-27(3)4)21-14-31-30(38(37)45)12-13-34-43(31,10)19-15-33-42(8,9)35(16-20-44(33,34)11)54-36(51)25-41(6,7)28(5)49/h26-27,29-31,33-35H,12-25H2,1-11H3,(H2,46,47,53)/t30?,31?,33?,34?,35?,43?,44?,45-/m1/s1. The summed E-state index contributed by atoms with van der Waals surface area (Å²) in [4.78, 5) is 68.7. The Morgan fingerprint density at radius 1 is 0.852 bits per heavy atom. The van der Waals surface area contributed by atoms with E-state index in [2.05, 4.69) is 52.2 Å². The smallest absolute Gasteiger partial charge is 0.315 e. The molecule has 0 aromatic rings. The maximum atomic E-state index is 14.9. The summed E-state index contributed by atoms with van der Waals surface area (Å²) in [5, 5.41) is 6.01. The van der Waals surface area contributed by atoms with Gasteiger partial charge in [-0.3, -0.25) is 19.2 Å². The monoisotopic (exact) mass is 750 g/mol. The molecule has 7 unspecified atom stereocenters. The Balaban J connectivity index is 1.22. The van der Waals surface area contributed by atoms with Crippen molar-refractivity contribution in [1.29, 1.82) is 0 Å². The maximum absolute atomic E-state index is 14.9. The van der Waals surface area contributed by atoms with E-state index in [1.165, 1.54) is 5.57 Å². The second-order valence-corrected chi connectivity index (χ2v) is 20.9. The van der Waals surface area contributed by atoms with E-state index in [-0.39, 0.29) is 82.2 Å². The Kier molecular flexibility index (Phi) is 10.9. The van der Waals surface area contributed by atoms with Crippen LogP contribution in [0.2, 0.25) is 0 Å². The summed E-state index contributed by atoms with van der Waals surface area (Å²) in [6, 6.07) is -0.0600. The number of esters is 1. The molecule has 302 valence electrons. The predicted octanol–water partition coefficient (Wildman–Crippen LogP) is 8.19. The second kappa shape index (κ2) is 14.3. The normalized spacial score (nSPS) is 36.6.